The minimum Gasteiger partial charge on any atom is -0.474 e. The van der Waals surface area contributed by atoms with Crippen molar-refractivity contribution in [1.29, 1.82) is 0 Å². The molecule has 272 valence electrons. The van der Waals surface area contributed by atoms with Gasteiger partial charge in [0.25, 0.3) is 0 Å². The van der Waals surface area contributed by atoms with Crippen molar-refractivity contribution in [2.45, 2.75) is 65.9 Å². The summed E-state index contributed by atoms with van der Waals surface area (Å²) in [7, 11) is 0. The number of piperidine rings is 1. The Hall–Kier alpha value is -4.56. The van der Waals surface area contributed by atoms with Crippen LogP contribution in [0.2, 0.25) is 0 Å². The molecular formula is C41H46F2N6O3. The number of aryl methyl sites for hydroxylation is 1. The number of hydrogen-bond donors (Lipinski definition) is 0. The van der Waals surface area contributed by atoms with Crippen molar-refractivity contribution in [3.63, 3.8) is 0 Å². The molecule has 4 heterocycles. The van der Waals surface area contributed by atoms with Crippen molar-refractivity contribution >= 4 is 33.4 Å². The summed E-state index contributed by atoms with van der Waals surface area (Å²) in [5, 5.41) is 1.51. The van der Waals surface area contributed by atoms with E-state index >= 15 is 8.78 Å². The zero-order valence-corrected chi connectivity index (χ0v) is 30.5. The van der Waals surface area contributed by atoms with Gasteiger partial charge in [0, 0.05) is 69.1 Å². The lowest BCUT2D eigenvalue weighted by molar-refractivity contribution is -0.130. The number of piperazine rings is 1. The highest BCUT2D eigenvalue weighted by Gasteiger charge is 2.45. The average molecular weight is 709 g/mol. The molecule has 1 amide bonds. The first-order valence-corrected chi connectivity index (χ1v) is 18.6. The molecule has 2 aromatic carbocycles. The maximum Gasteiger partial charge on any atom is 0.319 e. The molecule has 2 saturated carbocycles. The molecule has 2 aliphatic heterocycles. The second-order valence-electron chi connectivity index (χ2n) is 15.8. The van der Waals surface area contributed by atoms with E-state index in [1.54, 1.807) is 19.1 Å². The third-order valence-electron chi connectivity index (χ3n) is 11.4. The van der Waals surface area contributed by atoms with E-state index in [4.69, 9.17) is 30.8 Å². The summed E-state index contributed by atoms with van der Waals surface area (Å²) in [6.07, 6.45) is 11.1. The SMILES string of the molecule is C#Cc1c(F)ccc2cc(C)cc(-c3nc(OC(C)C)c4c(N5CC6CCC(C6)C5)nc(OCC5(CN6CCN(C(C)=O)CC6)CC5)nc4c3F)c12. The van der Waals surface area contributed by atoms with Crippen molar-refractivity contribution < 1.29 is 23.0 Å². The molecule has 2 saturated heterocycles. The second-order valence-corrected chi connectivity index (χ2v) is 15.8. The maximum absolute atomic E-state index is 17.4. The summed E-state index contributed by atoms with van der Waals surface area (Å²) < 4.78 is 45.4. The summed E-state index contributed by atoms with van der Waals surface area (Å²) in [6, 6.07) is 6.79. The molecule has 52 heavy (non-hydrogen) atoms. The second kappa shape index (κ2) is 13.4. The van der Waals surface area contributed by atoms with Gasteiger partial charge in [0.15, 0.2) is 5.82 Å². The van der Waals surface area contributed by atoms with Crippen LogP contribution in [0.3, 0.4) is 0 Å². The molecule has 2 aliphatic carbocycles. The third kappa shape index (κ3) is 6.51. The number of benzene rings is 2. The molecule has 0 spiro atoms. The number of hydrogen-bond acceptors (Lipinski definition) is 8. The Balaban J connectivity index is 1.24. The van der Waals surface area contributed by atoms with Crippen molar-refractivity contribution in [2.75, 3.05) is 57.3 Å². The molecule has 4 fully saturated rings. The number of carbonyl (C=O) groups excluding carboxylic acids is 1. The smallest absolute Gasteiger partial charge is 0.319 e. The predicted octanol–water partition coefficient (Wildman–Crippen LogP) is 6.76. The lowest BCUT2D eigenvalue weighted by Crippen LogP contribution is -2.49. The van der Waals surface area contributed by atoms with Gasteiger partial charge in [-0.2, -0.15) is 9.97 Å². The number of amides is 1. The first-order chi connectivity index (χ1) is 25.0. The van der Waals surface area contributed by atoms with Crippen molar-refractivity contribution in [3.8, 4) is 35.5 Å². The summed E-state index contributed by atoms with van der Waals surface area (Å²) in [4.78, 5) is 33.0. The normalized spacial score (nSPS) is 21.2. The molecule has 2 atom stereocenters. The van der Waals surface area contributed by atoms with E-state index in [0.717, 1.165) is 77.1 Å². The fraction of sp³-hybridized carbons (Fsp3) is 0.512. The minimum atomic E-state index is -0.664. The monoisotopic (exact) mass is 708 g/mol. The number of terminal acetylenes is 1. The van der Waals surface area contributed by atoms with E-state index in [2.05, 4.69) is 15.7 Å². The highest BCUT2D eigenvalue weighted by atomic mass is 19.1. The Bertz CT molecular complexity index is 2090. The van der Waals surface area contributed by atoms with E-state index in [1.165, 1.54) is 12.5 Å². The van der Waals surface area contributed by atoms with E-state index in [0.29, 0.717) is 46.0 Å². The number of nitrogens with zero attached hydrogens (tertiary/aromatic N) is 6. The van der Waals surface area contributed by atoms with Crippen LogP contribution < -0.4 is 14.4 Å². The summed E-state index contributed by atoms with van der Waals surface area (Å²) >= 11 is 0. The van der Waals surface area contributed by atoms with Crippen LogP contribution in [-0.4, -0.2) is 89.2 Å². The molecule has 2 bridgehead atoms. The molecule has 11 heteroatoms. The number of aromatic nitrogens is 3. The van der Waals surface area contributed by atoms with Gasteiger partial charge < -0.3 is 19.3 Å². The molecule has 8 rings (SSSR count). The van der Waals surface area contributed by atoms with Crippen molar-refractivity contribution in [3.05, 3.63) is 47.0 Å². The van der Waals surface area contributed by atoms with Crippen LogP contribution in [0, 0.1) is 48.2 Å². The molecule has 2 unspecified atom stereocenters. The van der Waals surface area contributed by atoms with E-state index in [1.807, 2.05) is 31.7 Å². The standard InChI is InChI=1S/C41H46F2N6O3/c1-6-30-32(42)10-9-29-17-25(4)18-31(33(29)30)36-35(43)37-34(39(44-36)52-24(2)3)38(49-20-27-7-8-28(19-27)21-49)46-40(45-37)51-23-41(11-12-41)22-47-13-15-48(16-14-47)26(5)50/h1,9-10,17-18,24,27-28H,7-8,11-16,19-23H2,2-5H3. The Morgan fingerprint density at radius 2 is 1.77 bits per heavy atom. The molecule has 0 radical (unpaired) electrons. The highest BCUT2D eigenvalue weighted by Crippen LogP contribution is 2.48. The summed E-state index contributed by atoms with van der Waals surface area (Å²) in [5.74, 6) is 3.24. The molecule has 2 aromatic heterocycles. The number of fused-ring (bicyclic) bond motifs is 4. The summed E-state index contributed by atoms with van der Waals surface area (Å²) in [5.41, 5.74) is 1.25. The largest absolute Gasteiger partial charge is 0.474 e. The van der Waals surface area contributed by atoms with Gasteiger partial charge in [-0.3, -0.25) is 9.69 Å². The van der Waals surface area contributed by atoms with Gasteiger partial charge in [0.2, 0.25) is 11.8 Å². The zero-order chi connectivity index (χ0) is 36.3. The lowest BCUT2D eigenvalue weighted by Gasteiger charge is -2.36. The average Bonchev–Trinajstić information content (AvgIpc) is 3.81. The van der Waals surface area contributed by atoms with Crippen LogP contribution >= 0.6 is 0 Å². The molecule has 0 N–H and O–H groups in total. The van der Waals surface area contributed by atoms with Gasteiger partial charge in [0.05, 0.1) is 18.3 Å². The lowest BCUT2D eigenvalue weighted by atomic mass is 9.94. The Morgan fingerprint density at radius 1 is 1.04 bits per heavy atom. The number of rotatable bonds is 9. The number of anilines is 1. The van der Waals surface area contributed by atoms with Gasteiger partial charge in [0.1, 0.15) is 28.2 Å². The zero-order valence-electron chi connectivity index (χ0n) is 30.5. The molecular weight excluding hydrogens is 662 g/mol. The first kappa shape index (κ1) is 34.5. The van der Waals surface area contributed by atoms with Gasteiger partial charge in [-0.25, -0.2) is 13.8 Å². The van der Waals surface area contributed by atoms with Gasteiger partial charge in [-0.1, -0.05) is 18.1 Å². The maximum atomic E-state index is 17.4. The molecule has 9 nitrogen and oxygen atoms in total. The number of carbonyl (C=O) groups is 1. The number of halogens is 2. The van der Waals surface area contributed by atoms with Crippen LogP contribution in [0.1, 0.15) is 64.0 Å². The van der Waals surface area contributed by atoms with Crippen LogP contribution in [0.4, 0.5) is 14.6 Å². The van der Waals surface area contributed by atoms with Gasteiger partial charge >= 0.3 is 6.01 Å². The van der Waals surface area contributed by atoms with Crippen LogP contribution in [-0.2, 0) is 4.79 Å². The fourth-order valence-electron chi connectivity index (χ4n) is 8.62. The third-order valence-corrected chi connectivity index (χ3v) is 11.4. The highest BCUT2D eigenvalue weighted by molar-refractivity contribution is 6.03. The number of pyridine rings is 1. The van der Waals surface area contributed by atoms with Crippen LogP contribution in [0.5, 0.6) is 11.9 Å². The fourth-order valence-corrected chi connectivity index (χ4v) is 8.62. The van der Waals surface area contributed by atoms with Crippen LogP contribution in [0.25, 0.3) is 32.9 Å². The summed E-state index contributed by atoms with van der Waals surface area (Å²) in [6.45, 7) is 13.3. The predicted molar refractivity (Wildman–Crippen MR) is 198 cm³/mol. The van der Waals surface area contributed by atoms with E-state index in [-0.39, 0.29) is 46.1 Å². The van der Waals surface area contributed by atoms with Crippen molar-refractivity contribution in [2.24, 2.45) is 17.3 Å². The van der Waals surface area contributed by atoms with Gasteiger partial charge in [-0.05, 0) is 87.8 Å². The topological polar surface area (TPSA) is 83.9 Å². The van der Waals surface area contributed by atoms with Crippen LogP contribution in [0.15, 0.2) is 24.3 Å². The van der Waals surface area contributed by atoms with Crippen molar-refractivity contribution in [1.82, 2.24) is 24.8 Å². The Labute approximate surface area is 303 Å². The first-order valence-electron chi connectivity index (χ1n) is 18.6. The Kier molecular flexibility index (Phi) is 8.93. The molecule has 4 aliphatic rings. The van der Waals surface area contributed by atoms with E-state index < -0.39 is 11.6 Å². The molecule has 4 aromatic rings. The van der Waals surface area contributed by atoms with Gasteiger partial charge in [-0.15, -0.1) is 6.42 Å². The quantitative estimate of drug-likeness (QED) is 0.177. The number of ether oxygens (including phenoxy) is 2. The van der Waals surface area contributed by atoms with E-state index in [9.17, 15) is 4.79 Å². The minimum absolute atomic E-state index is 0.0170. The Morgan fingerprint density at radius 3 is 2.42 bits per heavy atom.